The van der Waals surface area contributed by atoms with Crippen LogP contribution in [0.2, 0.25) is 0 Å². The Balaban J connectivity index is 0.00000280. The first-order valence-electron chi connectivity index (χ1n) is 10.8. The monoisotopic (exact) mass is 507 g/mol. The molecule has 1 aliphatic heterocycles. The summed E-state index contributed by atoms with van der Waals surface area (Å²) in [5.41, 5.74) is 0.374. The van der Waals surface area contributed by atoms with E-state index < -0.39 is 0 Å². The molecule has 0 aromatic heterocycles. The number of carbonyl (C=O) groups excluding carboxylic acids is 1. The minimum Gasteiger partial charge on any atom is -0.382 e. The van der Waals surface area contributed by atoms with Gasteiger partial charge in [0.1, 0.15) is 0 Å². The van der Waals surface area contributed by atoms with E-state index in [0.29, 0.717) is 18.0 Å². The number of aliphatic imine (C=N–C) groups is 1. The molecule has 7 nitrogen and oxygen atoms in total. The van der Waals surface area contributed by atoms with Crippen LogP contribution in [0.3, 0.4) is 0 Å². The minimum absolute atomic E-state index is 0. The van der Waals surface area contributed by atoms with E-state index in [2.05, 4.69) is 34.3 Å². The predicted molar refractivity (Wildman–Crippen MR) is 123 cm³/mol. The van der Waals surface area contributed by atoms with Crippen LogP contribution in [0.1, 0.15) is 46.0 Å². The zero-order chi connectivity index (χ0) is 19.1. The molecule has 1 saturated heterocycles. The van der Waals surface area contributed by atoms with Gasteiger partial charge in [-0.3, -0.25) is 14.7 Å². The number of halogens is 1. The minimum atomic E-state index is 0. The topological polar surface area (TPSA) is 69.2 Å². The van der Waals surface area contributed by atoms with Crippen LogP contribution < -0.4 is 10.6 Å². The Morgan fingerprint density at radius 2 is 1.89 bits per heavy atom. The molecule has 0 aromatic rings. The van der Waals surface area contributed by atoms with Gasteiger partial charge in [-0.05, 0) is 51.4 Å². The third kappa shape index (κ3) is 7.67. The van der Waals surface area contributed by atoms with Crippen molar-refractivity contribution in [2.24, 2.45) is 10.4 Å². The van der Waals surface area contributed by atoms with E-state index in [4.69, 9.17) is 9.73 Å². The number of piperazine rings is 1. The average molecular weight is 507 g/mol. The highest BCUT2D eigenvalue weighted by atomic mass is 127. The van der Waals surface area contributed by atoms with Gasteiger partial charge in [0, 0.05) is 58.5 Å². The number of ether oxygens (including phenoxy) is 1. The number of amides is 1. The number of nitrogens with one attached hydrogen (secondary N) is 2. The molecule has 3 aliphatic rings. The Bertz CT molecular complexity index is 515. The van der Waals surface area contributed by atoms with E-state index in [1.807, 2.05) is 0 Å². The lowest BCUT2D eigenvalue weighted by atomic mass is 10.0. The van der Waals surface area contributed by atoms with Crippen LogP contribution in [-0.2, 0) is 9.53 Å². The highest BCUT2D eigenvalue weighted by molar-refractivity contribution is 14.0. The normalized spacial score (nSPS) is 21.8. The van der Waals surface area contributed by atoms with Crippen molar-refractivity contribution in [2.75, 3.05) is 59.0 Å². The zero-order valence-corrected chi connectivity index (χ0v) is 19.9. The second-order valence-corrected chi connectivity index (χ2v) is 8.22. The van der Waals surface area contributed by atoms with Crippen molar-refractivity contribution in [1.82, 2.24) is 20.4 Å². The molecule has 8 heteroatoms. The maximum absolute atomic E-state index is 12.0. The number of hydrogen-bond acceptors (Lipinski definition) is 4. The molecule has 0 spiro atoms. The van der Waals surface area contributed by atoms with Gasteiger partial charge < -0.3 is 20.3 Å². The number of guanidine groups is 1. The van der Waals surface area contributed by atoms with E-state index in [-0.39, 0.29) is 29.9 Å². The smallest absolute Gasteiger partial charge is 0.234 e. The summed E-state index contributed by atoms with van der Waals surface area (Å²) in [6.07, 6.45) is 5.95. The summed E-state index contributed by atoms with van der Waals surface area (Å²) in [6, 6.07) is 0.448. The second-order valence-electron chi connectivity index (χ2n) is 8.22. The summed E-state index contributed by atoms with van der Waals surface area (Å²) in [5, 5.41) is 6.54. The highest BCUT2D eigenvalue weighted by Crippen LogP contribution is 2.49. The van der Waals surface area contributed by atoms with Crippen molar-refractivity contribution in [3.05, 3.63) is 0 Å². The molecule has 3 fully saturated rings. The van der Waals surface area contributed by atoms with E-state index in [0.717, 1.165) is 77.7 Å². The van der Waals surface area contributed by atoms with E-state index in [1.54, 1.807) is 0 Å². The molecule has 0 unspecified atom stereocenters. The third-order valence-electron chi connectivity index (χ3n) is 5.82. The molecule has 2 aliphatic carbocycles. The summed E-state index contributed by atoms with van der Waals surface area (Å²) in [5.74, 6) is 1.21. The van der Waals surface area contributed by atoms with Crippen molar-refractivity contribution >= 4 is 35.8 Å². The first-order chi connectivity index (χ1) is 13.1. The quantitative estimate of drug-likeness (QED) is 0.204. The molecule has 0 radical (unpaired) electrons. The van der Waals surface area contributed by atoms with E-state index in [1.165, 1.54) is 12.8 Å². The Labute approximate surface area is 187 Å². The Kier molecular flexibility index (Phi) is 9.76. The molecule has 2 N–H and O–H groups in total. The molecule has 162 valence electrons. The predicted octanol–water partition coefficient (Wildman–Crippen LogP) is 1.67. The average Bonchev–Trinajstić information content (AvgIpc) is 3.58. The van der Waals surface area contributed by atoms with Gasteiger partial charge in [0.25, 0.3) is 0 Å². The van der Waals surface area contributed by atoms with Gasteiger partial charge in [0.2, 0.25) is 5.91 Å². The summed E-state index contributed by atoms with van der Waals surface area (Å²) in [7, 11) is 0. The van der Waals surface area contributed by atoms with Crippen molar-refractivity contribution in [1.29, 1.82) is 0 Å². The van der Waals surface area contributed by atoms with Crippen LogP contribution in [0.4, 0.5) is 0 Å². The van der Waals surface area contributed by atoms with Crippen LogP contribution in [0.15, 0.2) is 4.99 Å². The Morgan fingerprint density at radius 1 is 1.18 bits per heavy atom. The highest BCUT2D eigenvalue weighted by Gasteiger charge is 2.42. The molecule has 2 saturated carbocycles. The van der Waals surface area contributed by atoms with E-state index in [9.17, 15) is 4.79 Å². The second kappa shape index (κ2) is 11.5. The Morgan fingerprint density at radius 3 is 2.46 bits per heavy atom. The van der Waals surface area contributed by atoms with Gasteiger partial charge in [-0.2, -0.15) is 0 Å². The lowest BCUT2D eigenvalue weighted by molar-refractivity contribution is -0.122. The summed E-state index contributed by atoms with van der Waals surface area (Å²) < 4.78 is 5.54. The lowest BCUT2D eigenvalue weighted by Crippen LogP contribution is -2.54. The Hall–Kier alpha value is -0.610. The van der Waals surface area contributed by atoms with Crippen molar-refractivity contribution in [2.45, 2.75) is 52.0 Å². The molecule has 0 aromatic carbocycles. The van der Waals surface area contributed by atoms with Gasteiger partial charge in [-0.15, -0.1) is 24.0 Å². The number of nitrogens with zero attached hydrogens (tertiary/aromatic N) is 3. The summed E-state index contributed by atoms with van der Waals surface area (Å²) >= 11 is 0. The molecule has 1 heterocycles. The van der Waals surface area contributed by atoms with Gasteiger partial charge in [0.05, 0.1) is 6.54 Å². The third-order valence-corrected chi connectivity index (χ3v) is 5.82. The van der Waals surface area contributed by atoms with Crippen LogP contribution >= 0.6 is 24.0 Å². The van der Waals surface area contributed by atoms with Crippen molar-refractivity contribution in [3.8, 4) is 0 Å². The largest absolute Gasteiger partial charge is 0.382 e. The van der Waals surface area contributed by atoms with Gasteiger partial charge in [-0.1, -0.05) is 0 Å². The van der Waals surface area contributed by atoms with Crippen LogP contribution in [-0.4, -0.2) is 86.7 Å². The molecule has 3 rings (SSSR count). The number of hydrogen-bond donors (Lipinski definition) is 2. The summed E-state index contributed by atoms with van der Waals surface area (Å²) in [6.45, 7) is 11.8. The first-order valence-corrected chi connectivity index (χ1v) is 10.8. The fraction of sp³-hybridized carbons (Fsp3) is 0.900. The fourth-order valence-electron chi connectivity index (χ4n) is 3.59. The molecule has 28 heavy (non-hydrogen) atoms. The van der Waals surface area contributed by atoms with Gasteiger partial charge in [0.15, 0.2) is 5.96 Å². The maximum Gasteiger partial charge on any atom is 0.234 e. The van der Waals surface area contributed by atoms with Crippen LogP contribution in [0, 0.1) is 5.41 Å². The standard InChI is InChI=1S/C20H37N5O2.HI/c1-3-21-19(22-16-20(7-8-20)9-14-27-4-2)25-12-10-24(11-13-25)15-18(26)23-17-5-6-17;/h17H,3-16H2,1-2H3,(H,21,22)(H,23,26);1H. The van der Waals surface area contributed by atoms with Crippen molar-refractivity contribution < 1.29 is 9.53 Å². The van der Waals surface area contributed by atoms with Crippen LogP contribution in [0.5, 0.6) is 0 Å². The van der Waals surface area contributed by atoms with Gasteiger partial charge in [-0.25, -0.2) is 0 Å². The van der Waals surface area contributed by atoms with Crippen LogP contribution in [0.25, 0.3) is 0 Å². The number of carbonyl (C=O) groups is 1. The molecule has 0 atom stereocenters. The number of rotatable bonds is 10. The molecular formula is C20H38IN5O2. The van der Waals surface area contributed by atoms with E-state index >= 15 is 0 Å². The first kappa shape index (κ1) is 23.7. The maximum atomic E-state index is 12.0. The van der Waals surface area contributed by atoms with Crippen molar-refractivity contribution in [3.63, 3.8) is 0 Å². The van der Waals surface area contributed by atoms with Gasteiger partial charge >= 0.3 is 0 Å². The molecular weight excluding hydrogens is 469 g/mol. The molecule has 1 amide bonds. The fourth-order valence-corrected chi connectivity index (χ4v) is 3.59. The zero-order valence-electron chi connectivity index (χ0n) is 17.5. The molecule has 0 bridgehead atoms. The SMILES string of the molecule is CCNC(=NCC1(CCOCC)CC1)N1CCN(CC(=O)NC2CC2)CC1.I. The summed E-state index contributed by atoms with van der Waals surface area (Å²) in [4.78, 5) is 21.6. The lowest BCUT2D eigenvalue weighted by Gasteiger charge is -2.36.